The van der Waals surface area contributed by atoms with Crippen LogP contribution in [0.25, 0.3) is 0 Å². The number of benzene rings is 1. The molecule has 1 saturated carbocycles. The van der Waals surface area contributed by atoms with Gasteiger partial charge in [-0.1, -0.05) is 22.9 Å². The first-order chi connectivity index (χ1) is 15.4. The Morgan fingerprint density at radius 2 is 2.06 bits per heavy atom. The predicted molar refractivity (Wildman–Crippen MR) is 125 cm³/mol. The second-order valence-electron chi connectivity index (χ2n) is 8.11. The van der Waals surface area contributed by atoms with Gasteiger partial charge in [-0.3, -0.25) is 10.2 Å². The van der Waals surface area contributed by atoms with Crippen molar-refractivity contribution in [1.82, 2.24) is 4.98 Å². The van der Waals surface area contributed by atoms with Gasteiger partial charge in [-0.25, -0.2) is 13.4 Å². The summed E-state index contributed by atoms with van der Waals surface area (Å²) in [5.41, 5.74) is 1.14. The Morgan fingerprint density at radius 3 is 2.69 bits per heavy atom. The monoisotopic (exact) mass is 497 g/mol. The Kier molecular flexibility index (Phi) is 7.14. The molecule has 0 unspecified atom stereocenters. The van der Waals surface area contributed by atoms with Crippen LogP contribution in [-0.2, 0) is 19.4 Å². The van der Waals surface area contributed by atoms with Gasteiger partial charge >= 0.3 is 0 Å². The summed E-state index contributed by atoms with van der Waals surface area (Å²) in [6.07, 6.45) is 6.59. The lowest BCUT2D eigenvalue weighted by Gasteiger charge is -2.27. The van der Waals surface area contributed by atoms with Crippen molar-refractivity contribution in [2.75, 3.05) is 23.8 Å². The first-order valence-corrected chi connectivity index (χ1v) is 13.3. The molecule has 1 saturated heterocycles. The van der Waals surface area contributed by atoms with Crippen molar-refractivity contribution in [2.24, 2.45) is 5.92 Å². The van der Waals surface area contributed by atoms with E-state index in [1.165, 1.54) is 23.7 Å². The lowest BCUT2D eigenvalue weighted by Crippen LogP contribution is -2.38. The van der Waals surface area contributed by atoms with Gasteiger partial charge in [0.2, 0.25) is 5.91 Å². The minimum absolute atomic E-state index is 0.236. The SMILES string of the molecule is [NH2+]=Cc1cc(S(=O)(=O)C2CC2)ccc1N[C@H](CC1CCOCC1)C(=O)Nc1ncc(Cl)s1. The van der Waals surface area contributed by atoms with Crippen LogP contribution < -0.4 is 16.0 Å². The van der Waals surface area contributed by atoms with Crippen LogP contribution in [-0.4, -0.2) is 50.0 Å². The van der Waals surface area contributed by atoms with Crippen molar-refractivity contribution in [2.45, 2.75) is 48.3 Å². The highest BCUT2D eigenvalue weighted by Crippen LogP contribution is 2.35. The third-order valence-electron chi connectivity index (χ3n) is 5.76. The van der Waals surface area contributed by atoms with Gasteiger partial charge in [-0.05, 0) is 56.2 Å². The van der Waals surface area contributed by atoms with Crippen LogP contribution >= 0.6 is 22.9 Å². The van der Waals surface area contributed by atoms with Crippen LogP contribution in [0.1, 0.15) is 37.7 Å². The summed E-state index contributed by atoms with van der Waals surface area (Å²) in [7, 11) is -3.34. The van der Waals surface area contributed by atoms with Crippen molar-refractivity contribution in [1.29, 1.82) is 0 Å². The molecule has 1 aromatic carbocycles. The summed E-state index contributed by atoms with van der Waals surface area (Å²) in [5.74, 6) is 0.0897. The number of halogens is 1. The van der Waals surface area contributed by atoms with Crippen LogP contribution in [0.2, 0.25) is 4.34 Å². The molecule has 1 amide bonds. The number of hydrogen-bond donors (Lipinski definition) is 3. The zero-order chi connectivity index (χ0) is 22.7. The molecule has 172 valence electrons. The number of sulfone groups is 1. The molecule has 1 atom stereocenters. The number of amides is 1. The van der Waals surface area contributed by atoms with E-state index >= 15 is 0 Å². The number of thiazole rings is 1. The first-order valence-electron chi connectivity index (χ1n) is 10.6. The van der Waals surface area contributed by atoms with Crippen molar-refractivity contribution in [3.05, 3.63) is 34.3 Å². The number of rotatable bonds is 9. The molecular formula is C21H26ClN4O4S2+. The van der Waals surface area contributed by atoms with Gasteiger partial charge in [0.15, 0.2) is 21.2 Å². The van der Waals surface area contributed by atoms with Crippen molar-refractivity contribution >= 4 is 55.7 Å². The summed E-state index contributed by atoms with van der Waals surface area (Å²) in [5, 5.41) is 12.0. The van der Waals surface area contributed by atoms with Gasteiger partial charge in [0, 0.05) is 18.9 Å². The molecule has 4 N–H and O–H groups in total. The molecule has 1 aliphatic carbocycles. The Hall–Kier alpha value is -2.01. The van der Waals surface area contributed by atoms with E-state index < -0.39 is 15.9 Å². The van der Waals surface area contributed by atoms with Crippen LogP contribution in [0.3, 0.4) is 0 Å². The summed E-state index contributed by atoms with van der Waals surface area (Å²) in [6, 6.07) is 4.26. The standard InChI is InChI=1S/C21H25ClN4O4S2/c22-19-12-24-21(31-19)26-20(27)18(9-13-5-7-30-8-6-13)25-17-4-3-16(10-14(17)11-23)32(28,29)15-1-2-15/h3-4,10-13,15,18,23,25H,1-2,5-9H2,(H,24,26,27)/p+1/t18-/m1/s1. The molecule has 11 heteroatoms. The third kappa shape index (κ3) is 5.48. The highest BCUT2D eigenvalue weighted by atomic mass is 35.5. The number of aromatic nitrogens is 1. The number of ether oxygens (including phenoxy) is 1. The van der Waals surface area contributed by atoms with E-state index in [9.17, 15) is 13.2 Å². The molecule has 2 fully saturated rings. The van der Waals surface area contributed by atoms with Crippen LogP contribution in [0.5, 0.6) is 0 Å². The van der Waals surface area contributed by atoms with Crippen LogP contribution in [0.15, 0.2) is 29.3 Å². The summed E-state index contributed by atoms with van der Waals surface area (Å²) >= 11 is 7.12. The number of nitrogens with two attached hydrogens (primary N) is 1. The van der Waals surface area contributed by atoms with E-state index in [1.54, 1.807) is 18.2 Å². The van der Waals surface area contributed by atoms with Gasteiger partial charge in [0.05, 0.1) is 21.9 Å². The molecule has 2 aromatic rings. The Morgan fingerprint density at radius 1 is 1.31 bits per heavy atom. The second kappa shape index (κ2) is 9.86. The molecule has 32 heavy (non-hydrogen) atoms. The molecule has 1 aromatic heterocycles. The maximum Gasteiger partial charge on any atom is 0.248 e. The highest BCUT2D eigenvalue weighted by molar-refractivity contribution is 7.92. The van der Waals surface area contributed by atoms with E-state index in [0.717, 1.165) is 12.8 Å². The maximum absolute atomic E-state index is 13.1. The highest BCUT2D eigenvalue weighted by Gasteiger charge is 2.37. The molecular weight excluding hydrogens is 472 g/mol. The second-order valence-corrected chi connectivity index (χ2v) is 12.0. The quantitative estimate of drug-likeness (QED) is 0.456. The van der Waals surface area contributed by atoms with Gasteiger partial charge < -0.3 is 15.4 Å². The first kappa shape index (κ1) is 23.2. The minimum Gasteiger partial charge on any atom is -0.381 e. The summed E-state index contributed by atoms with van der Waals surface area (Å²) in [4.78, 5) is 17.5. The zero-order valence-corrected chi connectivity index (χ0v) is 19.8. The molecule has 8 nitrogen and oxygen atoms in total. The van der Waals surface area contributed by atoms with Gasteiger partial charge in [0.25, 0.3) is 0 Å². The molecule has 4 rings (SSSR count). The summed E-state index contributed by atoms with van der Waals surface area (Å²) in [6.45, 7) is 1.35. The maximum atomic E-state index is 13.1. The van der Waals surface area contributed by atoms with Gasteiger partial charge in [-0.15, -0.1) is 0 Å². The average Bonchev–Trinajstić information content (AvgIpc) is 3.57. The largest absolute Gasteiger partial charge is 0.381 e. The fraction of sp³-hybridized carbons (Fsp3) is 0.476. The minimum atomic E-state index is -3.34. The third-order valence-corrected chi connectivity index (χ3v) is 9.05. The Labute approximate surface area is 196 Å². The van der Waals surface area contributed by atoms with Gasteiger partial charge in [0.1, 0.15) is 10.4 Å². The molecule has 2 aliphatic rings. The molecule has 1 aliphatic heterocycles. The van der Waals surface area contributed by atoms with E-state index in [-0.39, 0.29) is 16.1 Å². The molecule has 2 heterocycles. The Balaban J connectivity index is 1.56. The summed E-state index contributed by atoms with van der Waals surface area (Å²) < 4.78 is 31.1. The van der Waals surface area contributed by atoms with Gasteiger partial charge in [-0.2, -0.15) is 0 Å². The number of carbonyl (C=O) groups excluding carboxylic acids is 1. The molecule has 0 spiro atoms. The van der Waals surface area contributed by atoms with E-state index in [0.29, 0.717) is 59.1 Å². The average molecular weight is 498 g/mol. The van der Waals surface area contributed by atoms with Crippen molar-refractivity contribution in [3.63, 3.8) is 0 Å². The molecule has 0 bridgehead atoms. The number of carbonyl (C=O) groups is 1. The fourth-order valence-corrected chi connectivity index (χ4v) is 6.30. The topological polar surface area (TPSA) is 123 Å². The number of anilines is 2. The van der Waals surface area contributed by atoms with E-state index in [1.807, 2.05) is 0 Å². The Bertz CT molecular complexity index is 1090. The fourth-order valence-electron chi connectivity index (χ4n) is 3.80. The van der Waals surface area contributed by atoms with E-state index in [2.05, 4.69) is 15.6 Å². The van der Waals surface area contributed by atoms with E-state index in [4.69, 9.17) is 21.7 Å². The van der Waals surface area contributed by atoms with Crippen molar-refractivity contribution < 1.29 is 23.4 Å². The number of nitrogens with zero attached hydrogens (tertiary/aromatic N) is 1. The lowest BCUT2D eigenvalue weighted by molar-refractivity contribution is -0.117. The smallest absolute Gasteiger partial charge is 0.248 e. The molecule has 0 radical (unpaired) electrons. The van der Waals surface area contributed by atoms with Crippen LogP contribution in [0, 0.1) is 5.92 Å². The predicted octanol–water partition coefficient (Wildman–Crippen LogP) is 2.15. The number of nitrogens with one attached hydrogen (secondary N) is 2. The van der Waals surface area contributed by atoms with Crippen molar-refractivity contribution in [3.8, 4) is 0 Å². The normalized spacial score (nSPS) is 18.2. The zero-order valence-electron chi connectivity index (χ0n) is 17.4. The number of hydrogen-bond acceptors (Lipinski definition) is 7. The van der Waals surface area contributed by atoms with Crippen LogP contribution in [0.4, 0.5) is 10.8 Å². The lowest BCUT2D eigenvalue weighted by atomic mass is 9.92.